The van der Waals surface area contributed by atoms with E-state index in [0.29, 0.717) is 32.1 Å². The quantitative estimate of drug-likeness (QED) is 0.0576. The predicted octanol–water partition coefficient (Wildman–Crippen LogP) is -2.20. The summed E-state index contributed by atoms with van der Waals surface area (Å²) in [6.45, 7) is 9.50. The molecule has 4 aliphatic heterocycles. The van der Waals surface area contributed by atoms with Crippen molar-refractivity contribution >= 4 is 11.8 Å². The van der Waals surface area contributed by atoms with Gasteiger partial charge in [0.15, 0.2) is 25.2 Å². The number of Topliss-reactive ketones (excluding diaryl/α,β-unsaturated/α-hetero) is 1. The highest BCUT2D eigenvalue weighted by atomic mass is 16.8. The van der Waals surface area contributed by atoms with Gasteiger partial charge < -0.3 is 104 Å². The SMILES string of the molecule is CC(=O)[C@H]1[C@@H](OC(=O)CCC(C)CO[C@@H]2OC(CO)[C@@H](O)[C@H](O)C2O)C[C@H]2[C@@H]3CC=C4C[C@@H](O[C@@H]5OC(CO)[C@@H](O[C@@H]6OC(C)[C@H](O)C(O)[C@H]6O)[C@H](O)C5O[C@@H]5OC(C)[C@H](O)C(O)[C@@H]5O)CC[C@]4(C)[C@H]3CC[C@@]21C. The van der Waals surface area contributed by atoms with Crippen LogP contribution in [-0.2, 0) is 52.2 Å². The first kappa shape index (κ1) is 58.2. The summed E-state index contributed by atoms with van der Waals surface area (Å²) >= 11 is 0. The first-order chi connectivity index (χ1) is 34.9. The molecule has 0 aromatic heterocycles. The lowest BCUT2D eigenvalue weighted by Gasteiger charge is -2.58. The monoisotopic (exact) mass is 1060 g/mol. The van der Waals surface area contributed by atoms with Crippen LogP contribution >= 0.6 is 0 Å². The van der Waals surface area contributed by atoms with Crippen LogP contribution in [0.3, 0.4) is 0 Å². The van der Waals surface area contributed by atoms with Crippen molar-refractivity contribution in [2.45, 2.75) is 234 Å². The van der Waals surface area contributed by atoms with Gasteiger partial charge in [-0.15, -0.1) is 0 Å². The summed E-state index contributed by atoms with van der Waals surface area (Å²) in [6, 6.07) is 0. The largest absolute Gasteiger partial charge is 0.462 e. The van der Waals surface area contributed by atoms with E-state index >= 15 is 0 Å². The number of aliphatic hydroxyl groups excluding tert-OH is 12. The molecule has 0 radical (unpaired) electrons. The molecule has 4 saturated heterocycles. The Hall–Kier alpha value is -1.92. The minimum absolute atomic E-state index is 0.0249. The number of ether oxygens (including phenoxy) is 9. The van der Waals surface area contributed by atoms with Crippen molar-refractivity contribution in [2.75, 3.05) is 19.8 Å². The lowest BCUT2D eigenvalue weighted by Crippen LogP contribution is -2.66. The summed E-state index contributed by atoms with van der Waals surface area (Å²) in [4.78, 5) is 27.0. The maximum absolute atomic E-state index is 13.5. The minimum Gasteiger partial charge on any atom is -0.462 e. The van der Waals surface area contributed by atoms with E-state index in [9.17, 15) is 70.9 Å². The fourth-order valence-corrected chi connectivity index (χ4v) is 13.9. The molecule has 23 nitrogen and oxygen atoms in total. The van der Waals surface area contributed by atoms with Gasteiger partial charge >= 0.3 is 5.97 Å². The molecule has 0 bridgehead atoms. The number of carbonyl (C=O) groups excluding carboxylic acids is 2. The second-order valence-electron chi connectivity index (χ2n) is 23.1. The fraction of sp³-hybridized carbons (Fsp3) is 0.922. The van der Waals surface area contributed by atoms with Crippen molar-refractivity contribution in [3.63, 3.8) is 0 Å². The van der Waals surface area contributed by atoms with Crippen LogP contribution in [0, 0.1) is 40.4 Å². The molecule has 0 spiro atoms. The summed E-state index contributed by atoms with van der Waals surface area (Å²) in [5.74, 6) is -0.639. The fourth-order valence-electron chi connectivity index (χ4n) is 13.9. The summed E-state index contributed by atoms with van der Waals surface area (Å²) in [5.41, 5.74) is 0.515. The molecular weight excluding hydrogens is 981 g/mol. The zero-order valence-corrected chi connectivity index (χ0v) is 43.0. The smallest absolute Gasteiger partial charge is 0.306 e. The molecule has 9 unspecified atom stereocenters. The Labute approximate surface area is 430 Å². The highest BCUT2D eigenvalue weighted by Gasteiger charge is 2.64. The Morgan fingerprint density at radius 3 is 1.86 bits per heavy atom. The number of rotatable bonds is 16. The normalized spacial score (nSPS) is 51.0. The van der Waals surface area contributed by atoms with Gasteiger partial charge in [-0.1, -0.05) is 32.4 Å². The van der Waals surface area contributed by atoms with Gasteiger partial charge in [-0.05, 0) is 107 Å². The first-order valence-corrected chi connectivity index (χ1v) is 26.6. The van der Waals surface area contributed by atoms with E-state index in [4.69, 9.17) is 42.6 Å². The standard InChI is InChI=1S/C51H82O23/c1-20(19-66-46-40(62)39(61)36(58)30(17-52)71-46)7-10-32(55)70-29-16-28-26-9-8-24-15-25(11-13-50(24,5)27(26)12-14-51(28,6)33(29)21(2)54)69-49-45(74-48-42(64)38(60)35(57)23(4)68-48)43(65)44(31(18-53)72-49)73-47-41(63)37(59)34(56)22(3)67-47/h8,20,22-23,25-31,33-49,52-53,56-65H,7,9-19H2,1-6H3/t20?,22?,23?,25-,26+,27-,28-,29-,30?,31?,33-,34-,35-,36+,37?,38?,39-,40?,41+,42-,43-,44+,45?,46+,47-,48-,49+,50-,51-/m0/s1. The van der Waals surface area contributed by atoms with Gasteiger partial charge in [0.25, 0.3) is 0 Å². The van der Waals surface area contributed by atoms with Crippen LogP contribution in [-0.4, -0.2) is 228 Å². The van der Waals surface area contributed by atoms with Crippen LogP contribution in [0.1, 0.15) is 99.3 Å². The topological polar surface area (TPSA) is 360 Å². The molecule has 74 heavy (non-hydrogen) atoms. The van der Waals surface area contributed by atoms with E-state index in [1.165, 1.54) is 19.4 Å². The lowest BCUT2D eigenvalue weighted by atomic mass is 9.47. The van der Waals surface area contributed by atoms with Crippen molar-refractivity contribution in [1.82, 2.24) is 0 Å². The van der Waals surface area contributed by atoms with Crippen molar-refractivity contribution in [2.24, 2.45) is 40.4 Å². The minimum atomic E-state index is -1.77. The molecule has 4 aliphatic carbocycles. The van der Waals surface area contributed by atoms with Gasteiger partial charge in [0.05, 0.1) is 44.1 Å². The van der Waals surface area contributed by atoms with Crippen LogP contribution in [0.25, 0.3) is 0 Å². The van der Waals surface area contributed by atoms with Crippen molar-refractivity contribution in [3.8, 4) is 0 Å². The molecule has 8 rings (SSSR count). The van der Waals surface area contributed by atoms with E-state index in [1.54, 1.807) is 6.92 Å². The molecule has 4 heterocycles. The molecule has 8 aliphatic rings. The molecule has 29 atom stereocenters. The molecule has 0 aromatic carbocycles. The van der Waals surface area contributed by atoms with Gasteiger partial charge in [-0.25, -0.2) is 0 Å². The molecule has 0 aromatic rings. The second kappa shape index (κ2) is 23.4. The Bertz CT molecular complexity index is 1940. The highest BCUT2D eigenvalue weighted by Crippen LogP contribution is 2.67. The Balaban J connectivity index is 0.923. The molecule has 0 amide bonds. The number of ketones is 1. The predicted molar refractivity (Wildman–Crippen MR) is 250 cm³/mol. The summed E-state index contributed by atoms with van der Waals surface area (Å²) < 4.78 is 53.8. The second-order valence-corrected chi connectivity index (χ2v) is 23.1. The first-order valence-electron chi connectivity index (χ1n) is 26.6. The maximum atomic E-state index is 13.5. The van der Waals surface area contributed by atoms with E-state index in [-0.39, 0.29) is 47.9 Å². The number of allylic oxidation sites excluding steroid dienone is 1. The molecule has 12 N–H and O–H groups in total. The number of aliphatic hydroxyl groups is 12. The molecule has 424 valence electrons. The number of carbonyl (C=O) groups is 2. The zero-order chi connectivity index (χ0) is 53.9. The Kier molecular flexibility index (Phi) is 18.4. The number of fused-ring (bicyclic) bond motifs is 5. The van der Waals surface area contributed by atoms with Gasteiger partial charge in [0.2, 0.25) is 0 Å². The van der Waals surface area contributed by atoms with Gasteiger partial charge in [-0.2, -0.15) is 0 Å². The van der Waals surface area contributed by atoms with Crippen molar-refractivity contribution in [1.29, 1.82) is 0 Å². The third-order valence-electron chi connectivity index (χ3n) is 18.3. The maximum Gasteiger partial charge on any atom is 0.306 e. The molecule has 7 fully saturated rings. The average molecular weight is 1060 g/mol. The summed E-state index contributed by atoms with van der Waals surface area (Å²) in [5, 5.41) is 126. The lowest BCUT2D eigenvalue weighted by molar-refractivity contribution is -0.388. The van der Waals surface area contributed by atoms with Crippen LogP contribution in [0.2, 0.25) is 0 Å². The van der Waals surface area contributed by atoms with E-state index in [1.807, 2.05) is 6.92 Å². The van der Waals surface area contributed by atoms with Crippen LogP contribution < -0.4 is 0 Å². The van der Waals surface area contributed by atoms with E-state index in [2.05, 4.69) is 19.9 Å². The zero-order valence-electron chi connectivity index (χ0n) is 43.0. The third-order valence-corrected chi connectivity index (χ3v) is 18.3. The van der Waals surface area contributed by atoms with Gasteiger partial charge in [0.1, 0.15) is 97.3 Å². The number of esters is 1. The third kappa shape index (κ3) is 11.2. The van der Waals surface area contributed by atoms with Gasteiger partial charge in [-0.3, -0.25) is 9.59 Å². The Morgan fingerprint density at radius 2 is 1.26 bits per heavy atom. The average Bonchev–Trinajstić information content (AvgIpc) is 3.67. The van der Waals surface area contributed by atoms with Crippen LogP contribution in [0.5, 0.6) is 0 Å². The van der Waals surface area contributed by atoms with Crippen molar-refractivity contribution < 1.29 is 113 Å². The van der Waals surface area contributed by atoms with Gasteiger partial charge in [0, 0.05) is 6.42 Å². The number of hydrogen-bond donors (Lipinski definition) is 12. The van der Waals surface area contributed by atoms with E-state index in [0.717, 1.165) is 19.3 Å². The molecule has 3 saturated carbocycles. The summed E-state index contributed by atoms with van der Waals surface area (Å²) in [6.07, 6.45) is -23.3. The number of hydrogen-bond acceptors (Lipinski definition) is 23. The van der Waals surface area contributed by atoms with Crippen LogP contribution in [0.4, 0.5) is 0 Å². The highest BCUT2D eigenvalue weighted by molar-refractivity contribution is 5.81. The summed E-state index contributed by atoms with van der Waals surface area (Å²) in [7, 11) is 0. The molecular formula is C51H82O23. The van der Waals surface area contributed by atoms with E-state index < -0.39 is 166 Å². The Morgan fingerprint density at radius 1 is 0.676 bits per heavy atom. The van der Waals surface area contributed by atoms with Crippen LogP contribution in [0.15, 0.2) is 11.6 Å². The molecule has 23 heteroatoms. The van der Waals surface area contributed by atoms with Crippen molar-refractivity contribution in [3.05, 3.63) is 11.6 Å².